The van der Waals surface area contributed by atoms with Crippen LogP contribution in [0.25, 0.3) is 0 Å². The maximum Gasteiger partial charge on any atom is 0.237 e. The zero-order valence-corrected chi connectivity index (χ0v) is 18.9. The van der Waals surface area contributed by atoms with Crippen LogP contribution in [0.5, 0.6) is 0 Å². The highest BCUT2D eigenvalue weighted by atomic mass is 35.5. The van der Waals surface area contributed by atoms with E-state index in [-0.39, 0.29) is 42.2 Å². The number of nitrogens with zero attached hydrogens (tertiary/aromatic N) is 2. The summed E-state index contributed by atoms with van der Waals surface area (Å²) in [7, 11) is 0. The first-order valence-corrected chi connectivity index (χ1v) is 9.33. The van der Waals surface area contributed by atoms with Gasteiger partial charge in [-0.05, 0) is 30.7 Å². The van der Waals surface area contributed by atoms with Gasteiger partial charge < -0.3 is 15.6 Å². The molecule has 0 saturated heterocycles. The Kier molecular flexibility index (Phi) is 11.4. The van der Waals surface area contributed by atoms with Crippen molar-refractivity contribution < 1.29 is 4.79 Å². The molecule has 158 valence electrons. The SMILES string of the molecule is CC(CCC(C)(C)C)NC(=O)[C@@H](N)Cc1cn(Cc2ccccc2)cn1.Cl.Cl. The van der Waals surface area contributed by atoms with Gasteiger partial charge in [0.2, 0.25) is 5.91 Å². The summed E-state index contributed by atoms with van der Waals surface area (Å²) in [6, 6.07) is 9.76. The molecule has 1 aromatic heterocycles. The Bertz CT molecular complexity index is 698. The maximum absolute atomic E-state index is 12.3. The maximum atomic E-state index is 12.3. The number of carbonyl (C=O) groups is 1. The molecule has 2 atom stereocenters. The van der Waals surface area contributed by atoms with Crippen molar-refractivity contribution in [2.24, 2.45) is 11.1 Å². The number of rotatable bonds is 8. The zero-order chi connectivity index (χ0) is 19.2. The molecule has 0 saturated carbocycles. The predicted octanol–water partition coefficient (Wildman–Crippen LogP) is 3.98. The molecule has 28 heavy (non-hydrogen) atoms. The van der Waals surface area contributed by atoms with E-state index in [0.29, 0.717) is 6.42 Å². The summed E-state index contributed by atoms with van der Waals surface area (Å²) in [5.74, 6) is -0.107. The van der Waals surface area contributed by atoms with Gasteiger partial charge in [0, 0.05) is 25.2 Å². The average molecular weight is 429 g/mol. The van der Waals surface area contributed by atoms with Crippen molar-refractivity contribution in [2.45, 2.75) is 65.6 Å². The van der Waals surface area contributed by atoms with Crippen LogP contribution in [0, 0.1) is 5.41 Å². The summed E-state index contributed by atoms with van der Waals surface area (Å²) in [5, 5.41) is 3.02. The molecular weight excluding hydrogens is 395 g/mol. The Labute approximate surface area is 181 Å². The molecule has 0 bridgehead atoms. The van der Waals surface area contributed by atoms with Crippen LogP contribution < -0.4 is 11.1 Å². The van der Waals surface area contributed by atoms with E-state index in [1.165, 1.54) is 5.56 Å². The highest BCUT2D eigenvalue weighted by Crippen LogP contribution is 2.21. The van der Waals surface area contributed by atoms with Crippen LogP contribution in [0.3, 0.4) is 0 Å². The molecule has 7 heteroatoms. The molecule has 0 aliphatic heterocycles. The quantitative estimate of drug-likeness (QED) is 0.667. The second-order valence-corrected chi connectivity index (χ2v) is 8.34. The van der Waals surface area contributed by atoms with Crippen molar-refractivity contribution in [3.8, 4) is 0 Å². The van der Waals surface area contributed by atoms with E-state index >= 15 is 0 Å². The predicted molar refractivity (Wildman–Crippen MR) is 120 cm³/mol. The number of aromatic nitrogens is 2. The van der Waals surface area contributed by atoms with Gasteiger partial charge in [-0.3, -0.25) is 4.79 Å². The number of hydrogen-bond donors (Lipinski definition) is 2. The summed E-state index contributed by atoms with van der Waals surface area (Å²) >= 11 is 0. The molecule has 3 N–H and O–H groups in total. The minimum Gasteiger partial charge on any atom is -0.352 e. The van der Waals surface area contributed by atoms with E-state index in [4.69, 9.17) is 5.73 Å². The van der Waals surface area contributed by atoms with Gasteiger partial charge in [0.25, 0.3) is 0 Å². The zero-order valence-electron chi connectivity index (χ0n) is 17.2. The third-order valence-corrected chi connectivity index (χ3v) is 4.38. The monoisotopic (exact) mass is 428 g/mol. The van der Waals surface area contributed by atoms with Crippen LogP contribution in [-0.4, -0.2) is 27.5 Å². The molecule has 0 aliphatic rings. The smallest absolute Gasteiger partial charge is 0.237 e. The van der Waals surface area contributed by atoms with Crippen LogP contribution in [0.2, 0.25) is 0 Å². The number of hydrogen-bond acceptors (Lipinski definition) is 3. The minimum atomic E-state index is -0.577. The molecule has 1 amide bonds. The van der Waals surface area contributed by atoms with Gasteiger partial charge in [0.05, 0.1) is 18.1 Å². The highest BCUT2D eigenvalue weighted by Gasteiger charge is 2.19. The Hall–Kier alpha value is -1.56. The minimum absolute atomic E-state index is 0. The van der Waals surface area contributed by atoms with Crippen molar-refractivity contribution in [1.29, 1.82) is 0 Å². The first kappa shape index (κ1) is 26.4. The summed E-state index contributed by atoms with van der Waals surface area (Å²) in [6.07, 6.45) is 6.21. The molecule has 0 aliphatic carbocycles. The lowest BCUT2D eigenvalue weighted by Gasteiger charge is -2.22. The van der Waals surface area contributed by atoms with E-state index in [1.54, 1.807) is 6.33 Å². The molecule has 2 aromatic rings. The summed E-state index contributed by atoms with van der Waals surface area (Å²) in [4.78, 5) is 16.7. The van der Waals surface area contributed by atoms with E-state index in [2.05, 4.69) is 43.2 Å². The number of imidazole rings is 1. The Balaban J connectivity index is 0.00000364. The molecule has 1 unspecified atom stereocenters. The molecular formula is C21H34Cl2N4O. The third-order valence-electron chi connectivity index (χ3n) is 4.38. The molecule has 5 nitrogen and oxygen atoms in total. The van der Waals surface area contributed by atoms with Gasteiger partial charge in [0.15, 0.2) is 0 Å². The van der Waals surface area contributed by atoms with Crippen molar-refractivity contribution in [2.75, 3.05) is 0 Å². The summed E-state index contributed by atoms with van der Waals surface area (Å²) in [6.45, 7) is 9.42. The number of carbonyl (C=O) groups excluding carboxylic acids is 1. The standard InChI is InChI=1S/C21H32N4O.2ClH/c1-16(10-11-21(2,3)4)24-20(26)19(22)12-18-14-25(15-23-18)13-17-8-6-5-7-9-17;;/h5-9,14-16,19H,10-13,22H2,1-4H3,(H,24,26);2*1H/t16?,19-;;/m0../s1. The molecule has 1 aromatic carbocycles. The highest BCUT2D eigenvalue weighted by molar-refractivity contribution is 5.85. The van der Waals surface area contributed by atoms with Crippen LogP contribution >= 0.6 is 24.8 Å². The van der Waals surface area contributed by atoms with Gasteiger partial charge >= 0.3 is 0 Å². The van der Waals surface area contributed by atoms with Gasteiger partial charge in [-0.15, -0.1) is 24.8 Å². The van der Waals surface area contributed by atoms with Crippen molar-refractivity contribution in [3.63, 3.8) is 0 Å². The number of benzene rings is 1. The Morgan fingerprint density at radius 3 is 2.46 bits per heavy atom. The van der Waals surface area contributed by atoms with E-state index in [9.17, 15) is 4.79 Å². The number of nitrogens with two attached hydrogens (primary N) is 1. The lowest BCUT2D eigenvalue weighted by molar-refractivity contribution is -0.123. The summed E-state index contributed by atoms with van der Waals surface area (Å²) in [5.41, 5.74) is 8.40. The van der Waals surface area contributed by atoms with Gasteiger partial charge in [-0.25, -0.2) is 4.98 Å². The topological polar surface area (TPSA) is 72.9 Å². The second kappa shape index (κ2) is 12.1. The van der Waals surface area contributed by atoms with Gasteiger partial charge in [-0.1, -0.05) is 51.1 Å². The number of nitrogens with one attached hydrogen (secondary N) is 1. The molecule has 0 radical (unpaired) electrons. The fourth-order valence-electron chi connectivity index (χ4n) is 2.78. The molecule has 0 fully saturated rings. The lowest BCUT2D eigenvalue weighted by Crippen LogP contribution is -2.45. The van der Waals surface area contributed by atoms with Crippen molar-refractivity contribution in [1.82, 2.24) is 14.9 Å². The molecule has 0 spiro atoms. The lowest BCUT2D eigenvalue weighted by atomic mass is 9.89. The normalized spacial score (nSPS) is 13.0. The van der Waals surface area contributed by atoms with Crippen LogP contribution in [0.1, 0.15) is 51.8 Å². The third kappa shape index (κ3) is 9.58. The first-order valence-electron chi connectivity index (χ1n) is 9.33. The van der Waals surface area contributed by atoms with Crippen LogP contribution in [0.4, 0.5) is 0 Å². The average Bonchev–Trinajstić information content (AvgIpc) is 3.00. The molecule has 2 rings (SSSR count). The largest absolute Gasteiger partial charge is 0.352 e. The second-order valence-electron chi connectivity index (χ2n) is 8.34. The van der Waals surface area contributed by atoms with Gasteiger partial charge in [0.1, 0.15) is 0 Å². The Morgan fingerprint density at radius 1 is 1.21 bits per heavy atom. The number of amides is 1. The molecule has 1 heterocycles. The number of halogens is 2. The van der Waals surface area contributed by atoms with E-state index in [1.807, 2.05) is 35.9 Å². The van der Waals surface area contributed by atoms with Crippen molar-refractivity contribution in [3.05, 3.63) is 54.1 Å². The van der Waals surface area contributed by atoms with E-state index in [0.717, 1.165) is 25.1 Å². The fraction of sp³-hybridized carbons (Fsp3) is 0.524. The fourth-order valence-corrected chi connectivity index (χ4v) is 2.78. The summed E-state index contributed by atoms with van der Waals surface area (Å²) < 4.78 is 2.02. The van der Waals surface area contributed by atoms with Crippen molar-refractivity contribution >= 4 is 30.7 Å². The Morgan fingerprint density at radius 2 is 1.86 bits per heavy atom. The van der Waals surface area contributed by atoms with Gasteiger partial charge in [-0.2, -0.15) is 0 Å². The van der Waals surface area contributed by atoms with Crippen LogP contribution in [-0.2, 0) is 17.8 Å². The first-order chi connectivity index (χ1) is 12.2. The van der Waals surface area contributed by atoms with E-state index < -0.39 is 6.04 Å². The van der Waals surface area contributed by atoms with Crippen LogP contribution in [0.15, 0.2) is 42.9 Å².